The van der Waals surface area contributed by atoms with E-state index in [1.54, 1.807) is 25.1 Å². The van der Waals surface area contributed by atoms with E-state index in [2.05, 4.69) is 15.5 Å². The molecule has 2 aromatic carbocycles. The van der Waals surface area contributed by atoms with Crippen molar-refractivity contribution in [3.8, 4) is 11.3 Å². The van der Waals surface area contributed by atoms with E-state index >= 15 is 0 Å². The highest BCUT2D eigenvalue weighted by Crippen LogP contribution is 2.29. The maximum atomic E-state index is 13.3. The van der Waals surface area contributed by atoms with Crippen LogP contribution in [0.5, 0.6) is 0 Å². The lowest BCUT2D eigenvalue weighted by Gasteiger charge is -2.11. The second-order valence-electron chi connectivity index (χ2n) is 6.65. The molecule has 7 nitrogen and oxygen atoms in total. The zero-order valence-electron chi connectivity index (χ0n) is 16.4. The van der Waals surface area contributed by atoms with Gasteiger partial charge in [-0.25, -0.2) is 14.2 Å². The van der Waals surface area contributed by atoms with E-state index in [9.17, 15) is 14.0 Å². The number of amides is 1. The van der Waals surface area contributed by atoms with Gasteiger partial charge in [0, 0.05) is 5.56 Å². The van der Waals surface area contributed by atoms with Crippen LogP contribution in [0.15, 0.2) is 53.1 Å². The zero-order valence-corrected chi connectivity index (χ0v) is 17.2. The van der Waals surface area contributed by atoms with Crippen LogP contribution < -0.4 is 5.32 Å². The van der Waals surface area contributed by atoms with Crippen LogP contribution >= 0.6 is 11.6 Å². The normalized spacial score (nSPS) is 10.8. The summed E-state index contributed by atoms with van der Waals surface area (Å²) in [4.78, 5) is 29.4. The summed E-state index contributed by atoms with van der Waals surface area (Å²) in [5.41, 5.74) is 2.35. The number of rotatable bonds is 4. The van der Waals surface area contributed by atoms with Crippen LogP contribution in [-0.2, 0) is 4.74 Å². The number of hydrogen-bond donors (Lipinski definition) is 1. The fourth-order valence-corrected chi connectivity index (χ4v) is 3.26. The Bertz CT molecular complexity index is 1320. The molecule has 0 atom stereocenters. The van der Waals surface area contributed by atoms with E-state index in [0.717, 1.165) is 0 Å². The number of aromatic nitrogens is 2. The van der Waals surface area contributed by atoms with Gasteiger partial charge in [-0.3, -0.25) is 4.79 Å². The van der Waals surface area contributed by atoms with Crippen LogP contribution in [0.1, 0.15) is 26.4 Å². The molecule has 0 unspecified atom stereocenters. The van der Waals surface area contributed by atoms with Crippen LogP contribution in [0.2, 0.25) is 5.02 Å². The van der Waals surface area contributed by atoms with Crippen molar-refractivity contribution in [3.63, 3.8) is 0 Å². The van der Waals surface area contributed by atoms with Gasteiger partial charge in [0.25, 0.3) is 11.6 Å². The molecule has 2 aromatic heterocycles. The Morgan fingerprint density at radius 2 is 1.87 bits per heavy atom. The van der Waals surface area contributed by atoms with Gasteiger partial charge in [0.1, 0.15) is 5.82 Å². The lowest BCUT2D eigenvalue weighted by atomic mass is 10.0. The summed E-state index contributed by atoms with van der Waals surface area (Å²) in [5.74, 6) is -1.46. The van der Waals surface area contributed by atoms with Crippen molar-refractivity contribution in [3.05, 3.63) is 76.2 Å². The fraction of sp³-hybridized carbons (Fsp3) is 0.0909. The van der Waals surface area contributed by atoms with Gasteiger partial charge in [-0.1, -0.05) is 16.8 Å². The van der Waals surface area contributed by atoms with Crippen molar-refractivity contribution >= 4 is 40.3 Å². The number of nitrogens with zero attached hydrogens (tertiary/aromatic N) is 2. The lowest BCUT2D eigenvalue weighted by Crippen LogP contribution is -2.14. The minimum absolute atomic E-state index is 0.166. The van der Waals surface area contributed by atoms with Crippen molar-refractivity contribution in [2.24, 2.45) is 0 Å². The zero-order chi connectivity index (χ0) is 22.1. The quantitative estimate of drug-likeness (QED) is 0.448. The topological polar surface area (TPSA) is 94.3 Å². The molecule has 0 saturated heterocycles. The largest absolute Gasteiger partial charge is 0.465 e. The van der Waals surface area contributed by atoms with Crippen molar-refractivity contribution in [1.82, 2.24) is 10.1 Å². The summed E-state index contributed by atoms with van der Waals surface area (Å²) >= 11 is 6.20. The van der Waals surface area contributed by atoms with Gasteiger partial charge in [-0.15, -0.1) is 0 Å². The van der Waals surface area contributed by atoms with Gasteiger partial charge in [0.15, 0.2) is 0 Å². The number of pyridine rings is 1. The smallest absolute Gasteiger partial charge is 0.337 e. The van der Waals surface area contributed by atoms with E-state index in [1.165, 1.54) is 37.4 Å². The molecule has 4 aromatic rings. The first-order valence-corrected chi connectivity index (χ1v) is 9.47. The minimum atomic E-state index is -0.563. The Balaban J connectivity index is 1.78. The SMILES string of the molecule is COC(=O)c1ccc(Cl)c(NC(=O)c2cc(-c3ccc(F)cc3)nc3onc(C)c23)c1. The number of hydrogen-bond acceptors (Lipinski definition) is 6. The van der Waals surface area contributed by atoms with Gasteiger partial charge in [0.05, 0.1) is 45.7 Å². The predicted molar refractivity (Wildman–Crippen MR) is 113 cm³/mol. The van der Waals surface area contributed by atoms with Crippen LogP contribution in [0.25, 0.3) is 22.4 Å². The third-order valence-corrected chi connectivity index (χ3v) is 4.97. The van der Waals surface area contributed by atoms with Crippen molar-refractivity contribution in [2.75, 3.05) is 12.4 Å². The lowest BCUT2D eigenvalue weighted by molar-refractivity contribution is 0.0600. The number of nitrogens with one attached hydrogen (secondary N) is 1. The van der Waals surface area contributed by atoms with Gasteiger partial charge in [-0.05, 0) is 55.5 Å². The molecule has 0 radical (unpaired) electrons. The Morgan fingerprint density at radius 1 is 1.13 bits per heavy atom. The molecule has 9 heteroatoms. The third kappa shape index (κ3) is 3.97. The van der Waals surface area contributed by atoms with Crippen molar-refractivity contribution in [1.29, 1.82) is 0 Å². The molecule has 1 N–H and O–H groups in total. The number of carbonyl (C=O) groups excluding carboxylic acids is 2. The third-order valence-electron chi connectivity index (χ3n) is 4.64. The summed E-state index contributed by atoms with van der Waals surface area (Å²) < 4.78 is 23.3. The maximum absolute atomic E-state index is 13.3. The van der Waals surface area contributed by atoms with Crippen LogP contribution in [0, 0.1) is 12.7 Å². The first-order valence-electron chi connectivity index (χ1n) is 9.09. The highest BCUT2D eigenvalue weighted by atomic mass is 35.5. The van der Waals surface area contributed by atoms with Crippen molar-refractivity contribution in [2.45, 2.75) is 6.92 Å². The number of carbonyl (C=O) groups is 2. The average molecular weight is 440 g/mol. The number of anilines is 1. The van der Waals surface area contributed by atoms with Gasteiger partial charge in [-0.2, -0.15) is 0 Å². The fourth-order valence-electron chi connectivity index (χ4n) is 3.10. The number of benzene rings is 2. The van der Waals surface area contributed by atoms with Crippen LogP contribution in [-0.4, -0.2) is 29.1 Å². The number of esters is 1. The first-order chi connectivity index (χ1) is 14.9. The minimum Gasteiger partial charge on any atom is -0.465 e. The van der Waals surface area contributed by atoms with E-state index in [4.69, 9.17) is 20.9 Å². The monoisotopic (exact) mass is 439 g/mol. The van der Waals surface area contributed by atoms with E-state index in [-0.39, 0.29) is 27.6 Å². The summed E-state index contributed by atoms with van der Waals surface area (Å²) in [5, 5.41) is 7.28. The highest BCUT2D eigenvalue weighted by molar-refractivity contribution is 6.34. The summed E-state index contributed by atoms with van der Waals surface area (Å²) in [6, 6.07) is 11.6. The molecule has 0 aliphatic rings. The van der Waals surface area contributed by atoms with Gasteiger partial charge in [0.2, 0.25) is 0 Å². The number of methoxy groups -OCH3 is 1. The molecule has 0 bridgehead atoms. The molecule has 0 fully saturated rings. The molecular weight excluding hydrogens is 425 g/mol. The standard InChI is InChI=1S/C22H15ClFN3O4/c1-11-19-15(20(28)25-18-9-13(22(29)30-2)5-8-16(18)23)10-17(26-21(19)31-27-11)12-3-6-14(24)7-4-12/h3-10H,1-2H3,(H,25,28). The molecule has 0 aliphatic carbocycles. The van der Waals surface area contributed by atoms with E-state index < -0.39 is 17.7 Å². The Kier molecular flexibility index (Phi) is 5.39. The summed E-state index contributed by atoms with van der Waals surface area (Å²) in [7, 11) is 1.26. The molecule has 156 valence electrons. The van der Waals surface area contributed by atoms with Crippen LogP contribution in [0.3, 0.4) is 0 Å². The van der Waals surface area contributed by atoms with Gasteiger partial charge < -0.3 is 14.6 Å². The molecule has 0 aliphatic heterocycles. The molecule has 1 amide bonds. The van der Waals surface area contributed by atoms with Crippen LogP contribution in [0.4, 0.5) is 10.1 Å². The maximum Gasteiger partial charge on any atom is 0.337 e. The Morgan fingerprint density at radius 3 is 2.58 bits per heavy atom. The number of halogens is 2. The first kappa shape index (κ1) is 20.5. The van der Waals surface area contributed by atoms with Gasteiger partial charge >= 0.3 is 5.97 Å². The molecule has 0 saturated carbocycles. The predicted octanol–water partition coefficient (Wildman–Crippen LogP) is 5.03. The Hall–Kier alpha value is -3.78. The van der Waals surface area contributed by atoms with E-state index in [0.29, 0.717) is 22.3 Å². The highest BCUT2D eigenvalue weighted by Gasteiger charge is 2.21. The Labute approximate surface area is 180 Å². The van der Waals surface area contributed by atoms with E-state index in [1.807, 2.05) is 0 Å². The second kappa shape index (κ2) is 8.16. The molecular formula is C22H15ClFN3O4. The molecule has 2 heterocycles. The second-order valence-corrected chi connectivity index (χ2v) is 7.06. The average Bonchev–Trinajstić information content (AvgIpc) is 3.15. The number of aryl methyl sites for hydroxylation is 1. The number of fused-ring (bicyclic) bond motifs is 1. The molecule has 31 heavy (non-hydrogen) atoms. The van der Waals surface area contributed by atoms with Crippen molar-refractivity contribution < 1.29 is 23.2 Å². The summed E-state index contributed by atoms with van der Waals surface area (Å²) in [6.07, 6.45) is 0. The molecule has 0 spiro atoms. The number of ether oxygens (including phenoxy) is 1. The molecule has 4 rings (SSSR count). The summed E-state index contributed by atoms with van der Waals surface area (Å²) in [6.45, 7) is 1.69.